The molecule has 0 aliphatic carbocycles. The molecule has 0 aromatic rings. The highest BCUT2D eigenvalue weighted by Crippen LogP contribution is 2.11. The molecule has 0 amide bonds. The maximum Gasteiger partial charge on any atom is 0.306 e. The summed E-state index contributed by atoms with van der Waals surface area (Å²) in [5, 5.41) is 0. The Morgan fingerprint density at radius 1 is 0.328 bits per heavy atom. The van der Waals surface area contributed by atoms with Gasteiger partial charge in [0.15, 0.2) is 6.10 Å². The van der Waals surface area contributed by atoms with Crippen molar-refractivity contribution in [2.75, 3.05) is 13.2 Å². The lowest BCUT2D eigenvalue weighted by atomic mass is 10.1. The molecule has 0 fully saturated rings. The first-order valence-corrected chi connectivity index (χ1v) is 24.0. The van der Waals surface area contributed by atoms with Gasteiger partial charge < -0.3 is 14.2 Å². The second-order valence-electron chi connectivity index (χ2n) is 14.9. The van der Waals surface area contributed by atoms with Crippen LogP contribution in [-0.2, 0) is 28.6 Å². The lowest BCUT2D eigenvalue weighted by Crippen LogP contribution is -2.30. The fourth-order valence-electron chi connectivity index (χ4n) is 5.46. The SMILES string of the molecule is CC\C=C/C=C\C=C/C=C\C=C/CCCCCC(=O)OC(COC(=O)CCC\C=C/C=C\C=C/C=C\C=C/CC)COC(=O)CCCCCCC\C=C/C=C\C=C/C=C\C=C/CCC. The number of unbranched alkanes of at least 4 members (excludes halogenated alkanes) is 10. The Balaban J connectivity index is 4.67. The molecule has 0 saturated carbocycles. The summed E-state index contributed by atoms with van der Waals surface area (Å²) in [5.74, 6) is -1.11. The van der Waals surface area contributed by atoms with Crippen LogP contribution in [0.1, 0.15) is 143 Å². The third-order valence-electron chi connectivity index (χ3n) is 8.99. The Morgan fingerprint density at radius 2 is 0.625 bits per heavy atom. The van der Waals surface area contributed by atoms with Gasteiger partial charge in [0.1, 0.15) is 13.2 Å². The van der Waals surface area contributed by atoms with Gasteiger partial charge in [-0.05, 0) is 70.6 Å². The van der Waals surface area contributed by atoms with Crippen LogP contribution in [0.25, 0.3) is 0 Å². The summed E-state index contributed by atoms with van der Waals surface area (Å²) in [4.78, 5) is 37.9. The summed E-state index contributed by atoms with van der Waals surface area (Å²) < 4.78 is 16.6. The highest BCUT2D eigenvalue weighted by Gasteiger charge is 2.19. The second kappa shape index (κ2) is 50.2. The number of rotatable bonds is 39. The molecule has 0 saturated heterocycles. The van der Waals surface area contributed by atoms with Crippen molar-refractivity contribution in [3.05, 3.63) is 182 Å². The quantitative estimate of drug-likeness (QED) is 0.0265. The largest absolute Gasteiger partial charge is 0.462 e. The molecule has 1 atom stereocenters. The van der Waals surface area contributed by atoms with Gasteiger partial charge in [0.25, 0.3) is 0 Å². The molecular formula is C58H82O6. The molecule has 0 rings (SSSR count). The molecule has 64 heavy (non-hydrogen) atoms. The van der Waals surface area contributed by atoms with Crippen LogP contribution in [0.4, 0.5) is 0 Å². The molecular weight excluding hydrogens is 793 g/mol. The van der Waals surface area contributed by atoms with E-state index in [0.29, 0.717) is 19.3 Å². The first-order chi connectivity index (χ1) is 31.5. The second-order valence-corrected chi connectivity index (χ2v) is 14.9. The van der Waals surface area contributed by atoms with Gasteiger partial charge in [0.05, 0.1) is 0 Å². The van der Waals surface area contributed by atoms with Crippen LogP contribution >= 0.6 is 0 Å². The lowest BCUT2D eigenvalue weighted by molar-refractivity contribution is -0.167. The summed E-state index contributed by atoms with van der Waals surface area (Å²) in [6.45, 7) is 6.09. The average Bonchev–Trinajstić information content (AvgIpc) is 3.29. The van der Waals surface area contributed by atoms with Crippen LogP contribution in [0.15, 0.2) is 182 Å². The van der Waals surface area contributed by atoms with Crippen LogP contribution in [0.5, 0.6) is 0 Å². The molecule has 6 heteroatoms. The highest BCUT2D eigenvalue weighted by atomic mass is 16.6. The predicted octanol–water partition coefficient (Wildman–Crippen LogP) is 15.8. The zero-order chi connectivity index (χ0) is 46.5. The normalized spacial score (nSPS) is 13.7. The minimum atomic E-state index is -0.850. The molecule has 6 nitrogen and oxygen atoms in total. The van der Waals surface area contributed by atoms with Gasteiger partial charge in [-0.1, -0.05) is 235 Å². The average molecular weight is 875 g/mol. The Bertz CT molecular complexity index is 1610. The van der Waals surface area contributed by atoms with Crippen LogP contribution in [-0.4, -0.2) is 37.2 Å². The molecule has 0 aliphatic heterocycles. The molecule has 0 aromatic carbocycles. The zero-order valence-corrected chi connectivity index (χ0v) is 39.7. The maximum absolute atomic E-state index is 12.8. The first-order valence-electron chi connectivity index (χ1n) is 24.0. The van der Waals surface area contributed by atoms with E-state index in [0.717, 1.165) is 83.5 Å². The van der Waals surface area contributed by atoms with E-state index in [1.165, 1.54) is 6.42 Å². The van der Waals surface area contributed by atoms with Crippen LogP contribution in [0.3, 0.4) is 0 Å². The van der Waals surface area contributed by atoms with Crippen molar-refractivity contribution >= 4 is 17.9 Å². The summed E-state index contributed by atoms with van der Waals surface area (Å²) in [7, 11) is 0. The number of allylic oxidation sites excluding steroid dienone is 30. The van der Waals surface area contributed by atoms with Crippen molar-refractivity contribution in [1.82, 2.24) is 0 Å². The van der Waals surface area contributed by atoms with Gasteiger partial charge in [0.2, 0.25) is 0 Å². The van der Waals surface area contributed by atoms with Gasteiger partial charge >= 0.3 is 17.9 Å². The van der Waals surface area contributed by atoms with Crippen molar-refractivity contribution in [3.63, 3.8) is 0 Å². The molecule has 0 aromatic heterocycles. The maximum atomic E-state index is 12.8. The third-order valence-corrected chi connectivity index (χ3v) is 8.99. The molecule has 0 radical (unpaired) electrons. The van der Waals surface area contributed by atoms with Gasteiger partial charge in [-0.25, -0.2) is 0 Å². The first kappa shape index (κ1) is 58.5. The van der Waals surface area contributed by atoms with Gasteiger partial charge in [-0.15, -0.1) is 0 Å². The number of esters is 3. The third kappa shape index (κ3) is 47.6. The van der Waals surface area contributed by atoms with E-state index in [4.69, 9.17) is 14.2 Å². The van der Waals surface area contributed by atoms with Gasteiger partial charge in [-0.2, -0.15) is 0 Å². The van der Waals surface area contributed by atoms with Crippen molar-refractivity contribution in [3.8, 4) is 0 Å². The number of carbonyl (C=O) groups excluding carboxylic acids is 3. The predicted molar refractivity (Wildman–Crippen MR) is 274 cm³/mol. The van der Waals surface area contributed by atoms with Crippen molar-refractivity contribution in [1.29, 1.82) is 0 Å². The van der Waals surface area contributed by atoms with E-state index in [-0.39, 0.29) is 44.0 Å². The molecule has 0 bridgehead atoms. The van der Waals surface area contributed by atoms with Gasteiger partial charge in [-0.3, -0.25) is 14.4 Å². The van der Waals surface area contributed by atoms with Gasteiger partial charge in [0, 0.05) is 19.3 Å². The monoisotopic (exact) mass is 875 g/mol. The number of carbonyl (C=O) groups is 3. The minimum absolute atomic E-state index is 0.143. The number of ether oxygens (including phenoxy) is 3. The minimum Gasteiger partial charge on any atom is -0.462 e. The van der Waals surface area contributed by atoms with E-state index in [9.17, 15) is 14.4 Å². The summed E-state index contributed by atoms with van der Waals surface area (Å²) in [5.41, 5.74) is 0. The molecule has 0 heterocycles. The molecule has 0 aliphatic rings. The Kier molecular flexibility index (Phi) is 45.9. The fourth-order valence-corrected chi connectivity index (χ4v) is 5.46. The van der Waals surface area contributed by atoms with Crippen LogP contribution < -0.4 is 0 Å². The highest BCUT2D eigenvalue weighted by molar-refractivity contribution is 5.71. The van der Waals surface area contributed by atoms with E-state index >= 15 is 0 Å². The van der Waals surface area contributed by atoms with Crippen molar-refractivity contribution in [2.45, 2.75) is 149 Å². The van der Waals surface area contributed by atoms with E-state index in [2.05, 4.69) is 63.3 Å². The van der Waals surface area contributed by atoms with E-state index in [1.807, 2.05) is 140 Å². The van der Waals surface area contributed by atoms with Crippen molar-refractivity contribution in [2.24, 2.45) is 0 Å². The van der Waals surface area contributed by atoms with Crippen LogP contribution in [0.2, 0.25) is 0 Å². The summed E-state index contributed by atoms with van der Waals surface area (Å²) in [6, 6.07) is 0. The van der Waals surface area contributed by atoms with Crippen LogP contribution in [0, 0.1) is 0 Å². The molecule has 0 N–H and O–H groups in total. The summed E-state index contributed by atoms with van der Waals surface area (Å²) in [6.07, 6.45) is 75.8. The summed E-state index contributed by atoms with van der Waals surface area (Å²) >= 11 is 0. The number of hydrogen-bond donors (Lipinski definition) is 0. The topological polar surface area (TPSA) is 78.9 Å². The number of hydrogen-bond acceptors (Lipinski definition) is 6. The van der Waals surface area contributed by atoms with Crippen molar-refractivity contribution < 1.29 is 28.6 Å². The smallest absolute Gasteiger partial charge is 0.306 e. The molecule has 350 valence electrons. The van der Waals surface area contributed by atoms with E-state index < -0.39 is 6.10 Å². The Labute approximate surface area is 389 Å². The zero-order valence-electron chi connectivity index (χ0n) is 39.7. The molecule has 1 unspecified atom stereocenters. The van der Waals surface area contributed by atoms with E-state index in [1.54, 1.807) is 0 Å². The Hall–Kier alpha value is -5.49. The molecule has 0 spiro atoms. The fraction of sp³-hybridized carbons (Fsp3) is 0.431. The Morgan fingerprint density at radius 3 is 1.03 bits per heavy atom. The lowest BCUT2D eigenvalue weighted by Gasteiger charge is -2.18. The standard InChI is InChI=1S/C58H82O6/c1-4-7-10-13-16-19-22-25-27-28-29-31-33-36-39-42-45-48-51-57(60)63-54-55(53-62-56(59)50-47-44-41-38-35-32-24-21-18-15-12-9-6-3)64-58(61)52-49-46-43-40-37-34-30-26-23-20-17-14-11-8-5-2/h8-32,34-35,37-38,41,55H,4-7,33,36,39-40,42-54H2,1-3H3/b11-8-,12-9-,13-10-,17-14-,18-15-,19-16-,23-20-,24-21-,25-22-,28-27-,30-26-,31-29-,35-32-,37-34-,41-38-.